The van der Waals surface area contributed by atoms with E-state index in [1.807, 2.05) is 0 Å². The molecule has 3 heteroatoms. The molecule has 0 aliphatic carbocycles. The second-order valence-corrected chi connectivity index (χ2v) is 1.69. The maximum Gasteiger partial charge on any atom is 0.0697 e. The van der Waals surface area contributed by atoms with Crippen LogP contribution in [0.3, 0.4) is 0 Å². The van der Waals surface area contributed by atoms with Crippen molar-refractivity contribution in [3.05, 3.63) is 0 Å². The van der Waals surface area contributed by atoms with Crippen LogP contribution in [0, 0.1) is 0 Å². The Morgan fingerprint density at radius 1 is 1.33 bits per heavy atom. The molecule has 55 valence electrons. The Morgan fingerprint density at radius 2 is 2.00 bits per heavy atom. The molecule has 0 amide bonds. The van der Waals surface area contributed by atoms with Crippen LogP contribution in [0.2, 0.25) is 0 Å². The summed E-state index contributed by atoms with van der Waals surface area (Å²) in [5.74, 6) is 0. The van der Waals surface area contributed by atoms with Gasteiger partial charge in [0.2, 0.25) is 0 Å². The molecule has 0 fully saturated rings. The van der Waals surface area contributed by atoms with Crippen LogP contribution in [-0.4, -0.2) is 24.9 Å². The topological polar surface area (TPSA) is 29.5 Å². The molecule has 0 heterocycles. The molecule has 0 unspecified atom stereocenters. The Labute approximate surface area is 72.1 Å². The zero-order valence-corrected chi connectivity index (χ0v) is 9.05. The summed E-state index contributed by atoms with van der Waals surface area (Å²) in [5.41, 5.74) is 0. The molecule has 2 nitrogen and oxygen atoms in total. The van der Waals surface area contributed by atoms with Gasteiger partial charge in [-0.3, -0.25) is 0 Å². The van der Waals surface area contributed by atoms with Crippen LogP contribution >= 0.6 is 0 Å². The van der Waals surface area contributed by atoms with E-state index >= 15 is 0 Å². The van der Waals surface area contributed by atoms with E-state index in [-0.39, 0.29) is 29.0 Å². The van der Waals surface area contributed by atoms with E-state index in [0.717, 1.165) is 19.4 Å². The standard InChI is InChI=1S/C6H14O2.Ta/c1-2-3-5-8-6-4-7;/h7H,2-6H2,1H3;. The molecule has 0 aliphatic rings. The monoisotopic (exact) mass is 299 g/mol. The van der Waals surface area contributed by atoms with Crippen molar-refractivity contribution in [2.45, 2.75) is 19.8 Å². The predicted octanol–water partition coefficient (Wildman–Crippen LogP) is 0.793. The Morgan fingerprint density at radius 3 is 2.44 bits per heavy atom. The fourth-order valence-corrected chi connectivity index (χ4v) is 0.413. The van der Waals surface area contributed by atoms with E-state index in [9.17, 15) is 0 Å². The van der Waals surface area contributed by atoms with Crippen LogP contribution < -0.4 is 0 Å². The summed E-state index contributed by atoms with van der Waals surface area (Å²) >= 11 is 0. The van der Waals surface area contributed by atoms with Gasteiger partial charge in [0.1, 0.15) is 0 Å². The second-order valence-electron chi connectivity index (χ2n) is 1.69. The molecule has 1 N–H and O–H groups in total. The summed E-state index contributed by atoms with van der Waals surface area (Å²) in [5, 5.41) is 8.24. The summed E-state index contributed by atoms with van der Waals surface area (Å²) in [6, 6.07) is 0. The van der Waals surface area contributed by atoms with Crippen LogP contribution in [0.1, 0.15) is 19.8 Å². The van der Waals surface area contributed by atoms with Gasteiger partial charge in [-0.25, -0.2) is 0 Å². The van der Waals surface area contributed by atoms with E-state index in [4.69, 9.17) is 9.84 Å². The van der Waals surface area contributed by atoms with Crippen molar-refractivity contribution in [3.8, 4) is 0 Å². The van der Waals surface area contributed by atoms with Gasteiger partial charge >= 0.3 is 0 Å². The molecule has 0 aromatic heterocycles. The van der Waals surface area contributed by atoms with Gasteiger partial charge < -0.3 is 9.84 Å². The minimum atomic E-state index is 0. The SMILES string of the molecule is CCCCOCCO.[Ta]. The van der Waals surface area contributed by atoms with Gasteiger partial charge in [-0.2, -0.15) is 0 Å². The minimum Gasteiger partial charge on any atom is -0.394 e. The van der Waals surface area contributed by atoms with Crippen molar-refractivity contribution in [2.24, 2.45) is 0 Å². The Kier molecular flexibility index (Phi) is 15.7. The molecule has 9 heavy (non-hydrogen) atoms. The van der Waals surface area contributed by atoms with Gasteiger partial charge in [-0.1, -0.05) is 13.3 Å². The fourth-order valence-electron chi connectivity index (χ4n) is 0.413. The van der Waals surface area contributed by atoms with Crippen molar-refractivity contribution in [1.29, 1.82) is 0 Å². The maximum atomic E-state index is 8.24. The summed E-state index contributed by atoms with van der Waals surface area (Å²) in [6.07, 6.45) is 2.26. The van der Waals surface area contributed by atoms with E-state index in [1.54, 1.807) is 0 Å². The van der Waals surface area contributed by atoms with Gasteiger partial charge in [0.05, 0.1) is 13.2 Å². The zero-order valence-electron chi connectivity index (χ0n) is 5.84. The summed E-state index contributed by atoms with van der Waals surface area (Å²) < 4.78 is 4.97. The Balaban J connectivity index is 0. The maximum absolute atomic E-state index is 8.24. The van der Waals surface area contributed by atoms with Crippen LogP contribution in [-0.2, 0) is 27.1 Å². The molecule has 0 bridgehead atoms. The molecule has 0 spiro atoms. The third-order valence-corrected chi connectivity index (χ3v) is 0.878. The Bertz CT molecular complexity index is 36.0. The summed E-state index contributed by atoms with van der Waals surface area (Å²) in [4.78, 5) is 0. The third kappa shape index (κ3) is 12.0. The van der Waals surface area contributed by atoms with Gasteiger partial charge in [0.15, 0.2) is 0 Å². The molecule has 1 radical (unpaired) electrons. The number of aliphatic hydroxyl groups is 1. The number of aliphatic hydroxyl groups excluding tert-OH is 1. The smallest absolute Gasteiger partial charge is 0.0697 e. The van der Waals surface area contributed by atoms with Crippen LogP contribution in [0.5, 0.6) is 0 Å². The van der Waals surface area contributed by atoms with Crippen molar-refractivity contribution in [1.82, 2.24) is 0 Å². The van der Waals surface area contributed by atoms with E-state index in [0.29, 0.717) is 6.61 Å². The normalized spacial score (nSPS) is 8.67. The molecule has 0 aromatic rings. The van der Waals surface area contributed by atoms with Crippen LogP contribution in [0.15, 0.2) is 0 Å². The van der Waals surface area contributed by atoms with Crippen molar-refractivity contribution >= 4 is 0 Å². The van der Waals surface area contributed by atoms with E-state index in [1.165, 1.54) is 0 Å². The van der Waals surface area contributed by atoms with Crippen molar-refractivity contribution in [2.75, 3.05) is 19.8 Å². The zero-order chi connectivity index (χ0) is 6.24. The number of ether oxygens (including phenoxy) is 1. The van der Waals surface area contributed by atoms with Gasteiger partial charge in [0, 0.05) is 29.0 Å². The van der Waals surface area contributed by atoms with Gasteiger partial charge in [-0.15, -0.1) is 0 Å². The Hall–Kier alpha value is 0.660. The molecule has 0 aromatic carbocycles. The van der Waals surface area contributed by atoms with Crippen LogP contribution in [0.4, 0.5) is 0 Å². The third-order valence-electron chi connectivity index (χ3n) is 0.878. The quantitative estimate of drug-likeness (QED) is 0.761. The number of hydrogen-bond donors (Lipinski definition) is 1. The molecule has 0 rings (SSSR count). The number of rotatable bonds is 5. The average Bonchev–Trinajstić information content (AvgIpc) is 1.81. The summed E-state index contributed by atoms with van der Waals surface area (Å²) in [6.45, 7) is 3.53. The largest absolute Gasteiger partial charge is 0.394 e. The van der Waals surface area contributed by atoms with Gasteiger partial charge in [0.25, 0.3) is 0 Å². The van der Waals surface area contributed by atoms with Crippen molar-refractivity contribution in [3.63, 3.8) is 0 Å². The first-order valence-corrected chi connectivity index (χ1v) is 3.10. The molecule has 0 saturated heterocycles. The second kappa shape index (κ2) is 11.5. The first-order valence-electron chi connectivity index (χ1n) is 3.10. The fraction of sp³-hybridized carbons (Fsp3) is 1.00. The number of hydrogen-bond acceptors (Lipinski definition) is 2. The first kappa shape index (κ1) is 12.3. The molecule has 0 saturated carbocycles. The van der Waals surface area contributed by atoms with E-state index < -0.39 is 0 Å². The summed E-state index contributed by atoms with van der Waals surface area (Å²) in [7, 11) is 0. The first-order chi connectivity index (χ1) is 3.91. The van der Waals surface area contributed by atoms with E-state index in [2.05, 4.69) is 6.92 Å². The molecular weight excluding hydrogens is 285 g/mol. The minimum absolute atomic E-state index is 0. The molecule has 0 aliphatic heterocycles. The average molecular weight is 299 g/mol. The predicted molar refractivity (Wildman–Crippen MR) is 32.8 cm³/mol. The molecular formula is C6H14O2Ta. The molecule has 0 atom stereocenters. The van der Waals surface area contributed by atoms with Crippen molar-refractivity contribution < 1.29 is 32.2 Å². The van der Waals surface area contributed by atoms with Gasteiger partial charge in [-0.05, 0) is 6.42 Å². The number of unbranched alkanes of at least 4 members (excludes halogenated alkanes) is 1. The van der Waals surface area contributed by atoms with Crippen LogP contribution in [0.25, 0.3) is 0 Å².